The second kappa shape index (κ2) is 5.03. The molecule has 18 heavy (non-hydrogen) atoms. The average Bonchev–Trinajstić information content (AvgIpc) is 2.93. The van der Waals surface area contributed by atoms with Crippen molar-refractivity contribution < 1.29 is 4.74 Å². The molecule has 2 aromatic heterocycles. The zero-order valence-electron chi connectivity index (χ0n) is 10.9. The third-order valence-electron chi connectivity index (χ3n) is 2.77. The van der Waals surface area contributed by atoms with Crippen molar-refractivity contribution in [2.45, 2.75) is 32.9 Å². The van der Waals surface area contributed by atoms with E-state index in [-0.39, 0.29) is 12.1 Å². The van der Waals surface area contributed by atoms with Crippen LogP contribution in [0.15, 0.2) is 6.20 Å². The molecule has 0 bridgehead atoms. The number of hydrogen-bond donors (Lipinski definition) is 1. The highest BCUT2D eigenvalue weighted by Gasteiger charge is 2.24. The molecule has 0 aromatic carbocycles. The number of aromatic nitrogens is 4. The van der Waals surface area contributed by atoms with Crippen molar-refractivity contribution >= 4 is 11.5 Å². The zero-order chi connectivity index (χ0) is 13.3. The summed E-state index contributed by atoms with van der Waals surface area (Å²) >= 11 is 1.31. The largest absolute Gasteiger partial charge is 0.493 e. The van der Waals surface area contributed by atoms with Gasteiger partial charge in [0.05, 0.1) is 29.9 Å². The standard InChI is InChI=1S/C11H17N5OS/c1-6(2)16-10(8(17-4)5-13-16)9(12)11-7(3)14-15-18-11/h5-6,9H,12H2,1-4H3. The smallest absolute Gasteiger partial charge is 0.161 e. The Morgan fingerprint density at radius 1 is 1.44 bits per heavy atom. The van der Waals surface area contributed by atoms with Crippen LogP contribution < -0.4 is 10.5 Å². The first-order valence-electron chi connectivity index (χ1n) is 5.72. The van der Waals surface area contributed by atoms with Crippen LogP contribution in [-0.2, 0) is 0 Å². The lowest BCUT2D eigenvalue weighted by Crippen LogP contribution is -2.19. The number of hydrogen-bond acceptors (Lipinski definition) is 6. The molecule has 0 saturated heterocycles. The summed E-state index contributed by atoms with van der Waals surface area (Å²) in [6.07, 6.45) is 1.69. The van der Waals surface area contributed by atoms with Crippen LogP contribution in [0.25, 0.3) is 0 Å². The van der Waals surface area contributed by atoms with Crippen LogP contribution >= 0.6 is 11.5 Å². The number of methoxy groups -OCH3 is 1. The molecular weight excluding hydrogens is 250 g/mol. The number of nitrogens with two attached hydrogens (primary N) is 1. The third-order valence-corrected chi connectivity index (χ3v) is 3.68. The molecule has 0 aliphatic carbocycles. The summed E-state index contributed by atoms with van der Waals surface area (Å²) in [6, 6.07) is -0.0963. The fourth-order valence-electron chi connectivity index (χ4n) is 1.87. The van der Waals surface area contributed by atoms with Crippen LogP contribution in [-0.4, -0.2) is 26.5 Å². The predicted octanol–water partition coefficient (Wildman–Crippen LogP) is 1.68. The lowest BCUT2D eigenvalue weighted by Gasteiger charge is -2.17. The Morgan fingerprint density at radius 3 is 2.67 bits per heavy atom. The highest BCUT2D eigenvalue weighted by molar-refractivity contribution is 7.05. The molecule has 0 aliphatic heterocycles. The molecule has 0 saturated carbocycles. The minimum Gasteiger partial charge on any atom is -0.493 e. The van der Waals surface area contributed by atoms with E-state index in [2.05, 4.69) is 28.5 Å². The maximum atomic E-state index is 6.31. The second-order valence-electron chi connectivity index (χ2n) is 4.34. The summed E-state index contributed by atoms with van der Waals surface area (Å²) in [6.45, 7) is 6.02. The Bertz CT molecular complexity index is 533. The van der Waals surface area contributed by atoms with Gasteiger partial charge in [-0.25, -0.2) is 0 Å². The van der Waals surface area contributed by atoms with Crippen LogP contribution in [0.2, 0.25) is 0 Å². The van der Waals surface area contributed by atoms with Crippen molar-refractivity contribution in [3.63, 3.8) is 0 Å². The molecule has 0 fully saturated rings. The maximum absolute atomic E-state index is 6.31. The molecule has 1 unspecified atom stereocenters. The molecular formula is C11H17N5OS. The highest BCUT2D eigenvalue weighted by atomic mass is 32.1. The van der Waals surface area contributed by atoms with Gasteiger partial charge in [0.2, 0.25) is 0 Å². The van der Waals surface area contributed by atoms with Gasteiger partial charge in [-0.05, 0) is 32.3 Å². The van der Waals surface area contributed by atoms with Gasteiger partial charge in [-0.3, -0.25) is 4.68 Å². The molecule has 2 heterocycles. The van der Waals surface area contributed by atoms with Crippen molar-refractivity contribution in [1.82, 2.24) is 19.4 Å². The van der Waals surface area contributed by atoms with E-state index in [4.69, 9.17) is 10.5 Å². The molecule has 0 amide bonds. The van der Waals surface area contributed by atoms with Crippen molar-refractivity contribution in [1.29, 1.82) is 0 Å². The SMILES string of the molecule is COc1cnn(C(C)C)c1C(N)c1snnc1C. The zero-order valence-corrected chi connectivity index (χ0v) is 11.7. The summed E-state index contributed by atoms with van der Waals surface area (Å²) < 4.78 is 11.1. The third kappa shape index (κ3) is 2.11. The average molecular weight is 267 g/mol. The number of rotatable bonds is 4. The van der Waals surface area contributed by atoms with E-state index in [1.165, 1.54) is 11.5 Å². The number of aryl methyl sites for hydroxylation is 1. The molecule has 1 atom stereocenters. The Kier molecular flexibility index (Phi) is 3.63. The quantitative estimate of drug-likeness (QED) is 0.911. The molecule has 6 nitrogen and oxygen atoms in total. The van der Waals surface area contributed by atoms with Gasteiger partial charge < -0.3 is 10.5 Å². The van der Waals surface area contributed by atoms with Crippen LogP contribution in [0.3, 0.4) is 0 Å². The van der Waals surface area contributed by atoms with Crippen molar-refractivity contribution in [3.05, 3.63) is 22.5 Å². The molecule has 2 aromatic rings. The maximum Gasteiger partial charge on any atom is 0.161 e. The number of nitrogens with zero attached hydrogens (tertiary/aromatic N) is 4. The van der Waals surface area contributed by atoms with Gasteiger partial charge in [-0.1, -0.05) is 4.49 Å². The summed E-state index contributed by atoms with van der Waals surface area (Å²) in [5, 5.41) is 8.32. The van der Waals surface area contributed by atoms with Gasteiger partial charge in [-0.15, -0.1) is 5.10 Å². The monoisotopic (exact) mass is 267 g/mol. The number of ether oxygens (including phenoxy) is 1. The van der Waals surface area contributed by atoms with E-state index in [0.29, 0.717) is 5.75 Å². The minimum atomic E-state index is -0.315. The van der Waals surface area contributed by atoms with Gasteiger partial charge in [0.1, 0.15) is 5.69 Å². The van der Waals surface area contributed by atoms with Crippen molar-refractivity contribution in [2.75, 3.05) is 7.11 Å². The first kappa shape index (κ1) is 13.0. The summed E-state index contributed by atoms with van der Waals surface area (Å²) in [4.78, 5) is 0.940. The molecule has 0 radical (unpaired) electrons. The molecule has 2 N–H and O–H groups in total. The van der Waals surface area contributed by atoms with E-state index < -0.39 is 0 Å². The van der Waals surface area contributed by atoms with Gasteiger partial charge in [0.15, 0.2) is 5.75 Å². The molecule has 2 rings (SSSR count). The topological polar surface area (TPSA) is 78.9 Å². The van der Waals surface area contributed by atoms with E-state index >= 15 is 0 Å². The lowest BCUT2D eigenvalue weighted by molar-refractivity contribution is 0.401. The molecule has 0 aliphatic rings. The Morgan fingerprint density at radius 2 is 2.17 bits per heavy atom. The van der Waals surface area contributed by atoms with E-state index in [0.717, 1.165) is 16.3 Å². The fourth-order valence-corrected chi connectivity index (χ4v) is 2.52. The van der Waals surface area contributed by atoms with E-state index in [1.54, 1.807) is 13.3 Å². The Labute approximate surface area is 110 Å². The van der Waals surface area contributed by atoms with E-state index in [1.807, 2.05) is 11.6 Å². The Hall–Kier alpha value is -1.47. The lowest BCUT2D eigenvalue weighted by atomic mass is 10.1. The van der Waals surface area contributed by atoms with Crippen LogP contribution in [0.1, 0.15) is 42.2 Å². The minimum absolute atomic E-state index is 0.219. The molecule has 0 spiro atoms. The Balaban J connectivity index is 2.49. The predicted molar refractivity (Wildman–Crippen MR) is 69.8 cm³/mol. The second-order valence-corrected chi connectivity index (χ2v) is 5.12. The van der Waals surface area contributed by atoms with Crippen LogP contribution in [0, 0.1) is 6.92 Å². The summed E-state index contributed by atoms with van der Waals surface area (Å²) in [7, 11) is 1.62. The summed E-state index contributed by atoms with van der Waals surface area (Å²) in [5.41, 5.74) is 8.03. The van der Waals surface area contributed by atoms with Crippen molar-refractivity contribution in [2.24, 2.45) is 5.73 Å². The van der Waals surface area contributed by atoms with Crippen LogP contribution in [0.5, 0.6) is 5.75 Å². The first-order valence-corrected chi connectivity index (χ1v) is 6.49. The van der Waals surface area contributed by atoms with Gasteiger partial charge >= 0.3 is 0 Å². The highest BCUT2D eigenvalue weighted by Crippen LogP contribution is 2.32. The van der Waals surface area contributed by atoms with Gasteiger partial charge in [-0.2, -0.15) is 5.10 Å². The normalized spacial score (nSPS) is 13.0. The van der Waals surface area contributed by atoms with Crippen LogP contribution in [0.4, 0.5) is 0 Å². The fraction of sp³-hybridized carbons (Fsp3) is 0.545. The van der Waals surface area contributed by atoms with Gasteiger partial charge in [0, 0.05) is 6.04 Å². The summed E-state index contributed by atoms with van der Waals surface area (Å²) in [5.74, 6) is 0.698. The molecule has 7 heteroatoms. The van der Waals surface area contributed by atoms with E-state index in [9.17, 15) is 0 Å². The van der Waals surface area contributed by atoms with Gasteiger partial charge in [0.25, 0.3) is 0 Å². The first-order chi connectivity index (χ1) is 8.56. The molecule has 98 valence electrons. The van der Waals surface area contributed by atoms with Crippen molar-refractivity contribution in [3.8, 4) is 5.75 Å².